The molecule has 1 fully saturated rings. The molecule has 19 heavy (non-hydrogen) atoms. The highest BCUT2D eigenvalue weighted by Crippen LogP contribution is 2.43. The molecule has 0 spiro atoms. The normalized spacial score (nSPS) is 29.2. The predicted molar refractivity (Wildman–Crippen MR) is 71.3 cm³/mol. The summed E-state index contributed by atoms with van der Waals surface area (Å²) in [6, 6.07) is 0. The van der Waals surface area contributed by atoms with E-state index in [1.165, 1.54) is 12.8 Å². The van der Waals surface area contributed by atoms with Gasteiger partial charge in [-0.15, -0.1) is 0 Å². The van der Waals surface area contributed by atoms with E-state index in [0.29, 0.717) is 25.0 Å². The smallest absolute Gasteiger partial charge is 0.264 e. The molecule has 0 aliphatic heterocycles. The Kier molecular flexibility index (Phi) is 5.38. The molecule has 0 radical (unpaired) electrons. The Bertz CT molecular complexity index is 403. The zero-order chi connectivity index (χ0) is 13.7. The standard InChI is InChI=1S/C13H22O5S/c1-19(14,15)18-7-6-16-4-5-17-10-13-9-11-2-3-12(13)8-11/h2-3,11-13H,4-10H2,1H3. The SMILES string of the molecule is CS(=O)(=O)OCCOCCOCC1CC2C=CC1C2. The van der Waals surface area contributed by atoms with Gasteiger partial charge < -0.3 is 9.47 Å². The van der Waals surface area contributed by atoms with Gasteiger partial charge in [-0.1, -0.05) is 12.2 Å². The van der Waals surface area contributed by atoms with Gasteiger partial charge in [-0.05, 0) is 30.6 Å². The van der Waals surface area contributed by atoms with Gasteiger partial charge in [0.25, 0.3) is 10.1 Å². The second-order valence-corrected chi connectivity index (χ2v) is 6.90. The molecule has 1 saturated carbocycles. The van der Waals surface area contributed by atoms with E-state index in [-0.39, 0.29) is 13.2 Å². The summed E-state index contributed by atoms with van der Waals surface area (Å²) in [5, 5.41) is 0. The minimum absolute atomic E-state index is 0.0655. The number of allylic oxidation sites excluding steroid dienone is 2. The summed E-state index contributed by atoms with van der Waals surface area (Å²) in [4.78, 5) is 0. The van der Waals surface area contributed by atoms with E-state index in [2.05, 4.69) is 16.3 Å². The van der Waals surface area contributed by atoms with Crippen LogP contribution in [0.4, 0.5) is 0 Å². The minimum Gasteiger partial charge on any atom is -0.379 e. The van der Waals surface area contributed by atoms with Crippen molar-refractivity contribution in [3.63, 3.8) is 0 Å². The molecule has 0 saturated heterocycles. The number of fused-ring (bicyclic) bond motifs is 2. The molecule has 0 heterocycles. The van der Waals surface area contributed by atoms with Gasteiger partial charge in [0.2, 0.25) is 0 Å². The first kappa shape index (κ1) is 15.0. The Hall–Kier alpha value is -0.430. The maximum Gasteiger partial charge on any atom is 0.264 e. The van der Waals surface area contributed by atoms with Crippen LogP contribution in [0.1, 0.15) is 12.8 Å². The second-order valence-electron chi connectivity index (χ2n) is 5.25. The van der Waals surface area contributed by atoms with Gasteiger partial charge >= 0.3 is 0 Å². The van der Waals surface area contributed by atoms with Gasteiger partial charge in [-0.25, -0.2) is 0 Å². The number of rotatable bonds is 9. The monoisotopic (exact) mass is 290 g/mol. The van der Waals surface area contributed by atoms with E-state index >= 15 is 0 Å². The van der Waals surface area contributed by atoms with Crippen LogP contribution in [0.2, 0.25) is 0 Å². The molecule has 110 valence electrons. The highest BCUT2D eigenvalue weighted by Gasteiger charge is 2.35. The van der Waals surface area contributed by atoms with Crippen molar-refractivity contribution < 1.29 is 22.1 Å². The van der Waals surface area contributed by atoms with Gasteiger partial charge in [-0.3, -0.25) is 4.18 Å². The maximum absolute atomic E-state index is 10.7. The minimum atomic E-state index is -3.36. The first-order valence-electron chi connectivity index (χ1n) is 6.73. The predicted octanol–water partition coefficient (Wildman–Crippen LogP) is 1.21. The Balaban J connectivity index is 1.42. The van der Waals surface area contributed by atoms with E-state index < -0.39 is 10.1 Å². The summed E-state index contributed by atoms with van der Waals surface area (Å²) >= 11 is 0. The first-order chi connectivity index (χ1) is 9.04. The van der Waals surface area contributed by atoms with Crippen LogP contribution in [-0.2, 0) is 23.8 Å². The average Bonchev–Trinajstić information content (AvgIpc) is 2.93. The lowest BCUT2D eigenvalue weighted by molar-refractivity contribution is 0.0222. The van der Waals surface area contributed by atoms with Crippen molar-refractivity contribution in [2.45, 2.75) is 12.8 Å². The third-order valence-electron chi connectivity index (χ3n) is 3.65. The van der Waals surface area contributed by atoms with Crippen molar-refractivity contribution in [3.05, 3.63) is 12.2 Å². The summed E-state index contributed by atoms with van der Waals surface area (Å²) in [5.41, 5.74) is 0. The average molecular weight is 290 g/mol. The van der Waals surface area contributed by atoms with E-state index in [4.69, 9.17) is 9.47 Å². The molecule has 2 aliphatic rings. The largest absolute Gasteiger partial charge is 0.379 e. The van der Waals surface area contributed by atoms with Crippen molar-refractivity contribution in [3.8, 4) is 0 Å². The Labute approximate surface area is 115 Å². The third-order valence-corrected chi connectivity index (χ3v) is 4.24. The zero-order valence-electron chi connectivity index (χ0n) is 11.3. The molecular weight excluding hydrogens is 268 g/mol. The van der Waals surface area contributed by atoms with Crippen LogP contribution >= 0.6 is 0 Å². The van der Waals surface area contributed by atoms with Crippen LogP contribution in [0, 0.1) is 17.8 Å². The molecule has 0 aromatic heterocycles. The van der Waals surface area contributed by atoms with E-state index in [1.54, 1.807) is 0 Å². The lowest BCUT2D eigenvalue weighted by Gasteiger charge is -2.17. The van der Waals surface area contributed by atoms with Crippen LogP contribution in [0.25, 0.3) is 0 Å². The molecule has 0 amide bonds. The zero-order valence-corrected chi connectivity index (χ0v) is 12.1. The molecule has 2 aliphatic carbocycles. The highest BCUT2D eigenvalue weighted by atomic mass is 32.2. The number of hydrogen-bond donors (Lipinski definition) is 0. The molecular formula is C13H22O5S. The van der Waals surface area contributed by atoms with Crippen molar-refractivity contribution in [1.82, 2.24) is 0 Å². The fraction of sp³-hybridized carbons (Fsp3) is 0.846. The summed E-state index contributed by atoms with van der Waals surface area (Å²) in [5.74, 6) is 2.17. The first-order valence-corrected chi connectivity index (χ1v) is 8.54. The second kappa shape index (κ2) is 6.83. The number of hydrogen-bond acceptors (Lipinski definition) is 5. The molecule has 0 N–H and O–H groups in total. The number of ether oxygens (including phenoxy) is 2. The van der Waals surface area contributed by atoms with E-state index in [9.17, 15) is 8.42 Å². The Morgan fingerprint density at radius 1 is 1.05 bits per heavy atom. The molecule has 0 aromatic carbocycles. The summed E-state index contributed by atoms with van der Waals surface area (Å²) in [6.45, 7) is 2.16. The fourth-order valence-electron chi connectivity index (χ4n) is 2.79. The molecule has 6 heteroatoms. The van der Waals surface area contributed by atoms with Crippen molar-refractivity contribution in [2.75, 3.05) is 39.3 Å². The summed E-state index contributed by atoms with van der Waals surface area (Å²) < 4.78 is 36.7. The summed E-state index contributed by atoms with van der Waals surface area (Å²) in [7, 11) is -3.36. The lowest BCUT2D eigenvalue weighted by atomic mass is 9.95. The fourth-order valence-corrected chi connectivity index (χ4v) is 3.16. The lowest BCUT2D eigenvalue weighted by Crippen LogP contribution is -2.17. The topological polar surface area (TPSA) is 61.8 Å². The molecule has 0 aromatic rings. The molecule has 5 nitrogen and oxygen atoms in total. The quantitative estimate of drug-likeness (QED) is 0.363. The van der Waals surface area contributed by atoms with Crippen LogP contribution < -0.4 is 0 Å². The van der Waals surface area contributed by atoms with Crippen molar-refractivity contribution >= 4 is 10.1 Å². The molecule has 2 rings (SSSR count). The molecule has 2 bridgehead atoms. The van der Waals surface area contributed by atoms with Gasteiger partial charge in [0, 0.05) is 0 Å². The van der Waals surface area contributed by atoms with E-state index in [0.717, 1.165) is 18.8 Å². The summed E-state index contributed by atoms with van der Waals surface area (Å²) in [6.07, 6.45) is 8.23. The Morgan fingerprint density at radius 3 is 2.42 bits per heavy atom. The Morgan fingerprint density at radius 2 is 1.79 bits per heavy atom. The molecule has 3 atom stereocenters. The van der Waals surface area contributed by atoms with Crippen molar-refractivity contribution in [2.24, 2.45) is 17.8 Å². The molecule has 3 unspecified atom stereocenters. The third kappa shape index (κ3) is 5.22. The maximum atomic E-state index is 10.7. The van der Waals surface area contributed by atoms with E-state index in [1.807, 2.05) is 0 Å². The van der Waals surface area contributed by atoms with Gasteiger partial charge in [0.15, 0.2) is 0 Å². The van der Waals surface area contributed by atoms with Gasteiger partial charge in [-0.2, -0.15) is 8.42 Å². The van der Waals surface area contributed by atoms with Crippen LogP contribution in [-0.4, -0.2) is 47.7 Å². The van der Waals surface area contributed by atoms with Crippen molar-refractivity contribution in [1.29, 1.82) is 0 Å². The van der Waals surface area contributed by atoms with Gasteiger partial charge in [0.05, 0.1) is 39.3 Å². The van der Waals surface area contributed by atoms with Gasteiger partial charge in [0.1, 0.15) is 0 Å². The van der Waals surface area contributed by atoms with Crippen LogP contribution in [0.5, 0.6) is 0 Å². The van der Waals surface area contributed by atoms with Crippen LogP contribution in [0.15, 0.2) is 12.2 Å². The highest BCUT2D eigenvalue weighted by molar-refractivity contribution is 7.85. The van der Waals surface area contributed by atoms with Crippen LogP contribution in [0.3, 0.4) is 0 Å².